The molecule has 0 bridgehead atoms. The van der Waals surface area contributed by atoms with Gasteiger partial charge in [-0.25, -0.2) is 18.7 Å². The fourth-order valence-corrected chi connectivity index (χ4v) is 4.28. The van der Waals surface area contributed by atoms with Crippen LogP contribution in [0.5, 0.6) is 0 Å². The van der Waals surface area contributed by atoms with E-state index in [2.05, 4.69) is 20.2 Å². The highest BCUT2D eigenvalue weighted by atomic mass is 19.3. The molecule has 3 N–H and O–H groups in total. The second-order valence-electron chi connectivity index (χ2n) is 7.83. The number of halogens is 2. The lowest BCUT2D eigenvalue weighted by Crippen LogP contribution is -2.52. The number of anilines is 1. The van der Waals surface area contributed by atoms with Crippen molar-refractivity contribution in [3.8, 4) is 0 Å². The molecule has 0 unspecified atom stereocenters. The lowest BCUT2D eigenvalue weighted by Gasteiger charge is -2.37. The van der Waals surface area contributed by atoms with Crippen LogP contribution in [0.15, 0.2) is 12.4 Å². The summed E-state index contributed by atoms with van der Waals surface area (Å²) >= 11 is 0. The molecule has 2 amide bonds. The molecule has 0 aromatic carbocycles. The first-order valence-corrected chi connectivity index (χ1v) is 9.84. The number of amides is 2. The van der Waals surface area contributed by atoms with Crippen molar-refractivity contribution in [3.05, 3.63) is 18.1 Å². The summed E-state index contributed by atoms with van der Waals surface area (Å²) < 4.78 is 26.8. The fraction of sp³-hybridized carbons (Fsp3) is 0.667. The minimum atomic E-state index is -2.77. The summed E-state index contributed by atoms with van der Waals surface area (Å²) in [6.07, 6.45) is 3.21. The zero-order chi connectivity index (χ0) is 20.6. The molecule has 9 nitrogen and oxygen atoms in total. The Morgan fingerprint density at radius 2 is 1.83 bits per heavy atom. The zero-order valence-corrected chi connectivity index (χ0v) is 16.1. The Balaban J connectivity index is 1.28. The first kappa shape index (κ1) is 19.9. The molecule has 158 valence electrons. The van der Waals surface area contributed by atoms with Gasteiger partial charge in [0.25, 0.3) is 11.8 Å². The number of likely N-dealkylation sites (tertiary alicyclic amines) is 1. The third-order valence-corrected chi connectivity index (χ3v) is 5.93. The number of nitrogens with two attached hydrogens (primary N) is 1. The maximum absolute atomic E-state index is 13.4. The van der Waals surface area contributed by atoms with Crippen LogP contribution < -0.4 is 11.1 Å². The zero-order valence-electron chi connectivity index (χ0n) is 16.1. The summed E-state index contributed by atoms with van der Waals surface area (Å²) in [7, 11) is 0. The van der Waals surface area contributed by atoms with Crippen molar-refractivity contribution < 1.29 is 18.4 Å². The van der Waals surface area contributed by atoms with Gasteiger partial charge in [0.05, 0.1) is 12.6 Å². The average Bonchev–Trinajstić information content (AvgIpc) is 3.34. The molecule has 3 fully saturated rings. The van der Waals surface area contributed by atoms with Crippen LogP contribution in [-0.4, -0.2) is 100 Å². The maximum atomic E-state index is 13.4. The Labute approximate surface area is 167 Å². The van der Waals surface area contributed by atoms with E-state index in [1.165, 1.54) is 17.3 Å². The maximum Gasteiger partial charge on any atom is 0.276 e. The molecule has 0 aliphatic carbocycles. The van der Waals surface area contributed by atoms with Gasteiger partial charge in [-0.1, -0.05) is 0 Å². The Morgan fingerprint density at radius 1 is 1.10 bits per heavy atom. The van der Waals surface area contributed by atoms with Crippen LogP contribution in [0.1, 0.15) is 23.3 Å². The van der Waals surface area contributed by atoms with Crippen molar-refractivity contribution in [2.45, 2.75) is 30.8 Å². The van der Waals surface area contributed by atoms with Gasteiger partial charge in [-0.2, -0.15) is 0 Å². The Bertz CT molecular complexity index is 785. The standard InChI is InChI=1S/C18H25F2N7O2/c19-18(20)1-4-27(11-18)16(28)13-9-12(10-24-13)25-5-7-26(8-6-25)17(29)14-15(21)23-3-2-22-14/h2-3,12-13,24H,1,4-11H2,(H2,21,23)/t12-,13-/m0/s1. The molecule has 1 aromatic heterocycles. The number of hydrogen-bond acceptors (Lipinski definition) is 7. The van der Waals surface area contributed by atoms with Crippen molar-refractivity contribution in [2.75, 3.05) is 51.5 Å². The molecule has 4 heterocycles. The summed E-state index contributed by atoms with van der Waals surface area (Å²) in [5.74, 6) is -3.13. The summed E-state index contributed by atoms with van der Waals surface area (Å²) in [5.41, 5.74) is 5.91. The van der Waals surface area contributed by atoms with Gasteiger partial charge in [0.15, 0.2) is 11.5 Å². The average molecular weight is 409 g/mol. The van der Waals surface area contributed by atoms with Gasteiger partial charge in [-0.3, -0.25) is 14.5 Å². The minimum Gasteiger partial charge on any atom is -0.382 e. The van der Waals surface area contributed by atoms with E-state index in [9.17, 15) is 18.4 Å². The van der Waals surface area contributed by atoms with Gasteiger partial charge in [-0.05, 0) is 6.42 Å². The molecule has 4 rings (SSSR count). The van der Waals surface area contributed by atoms with E-state index in [1.54, 1.807) is 4.90 Å². The van der Waals surface area contributed by atoms with Crippen molar-refractivity contribution in [2.24, 2.45) is 0 Å². The van der Waals surface area contributed by atoms with Gasteiger partial charge < -0.3 is 20.9 Å². The fourth-order valence-electron chi connectivity index (χ4n) is 4.28. The molecular weight excluding hydrogens is 384 g/mol. The van der Waals surface area contributed by atoms with E-state index in [0.29, 0.717) is 39.1 Å². The molecule has 3 saturated heterocycles. The molecule has 2 atom stereocenters. The lowest BCUT2D eigenvalue weighted by molar-refractivity contribution is -0.133. The number of hydrogen-bond donors (Lipinski definition) is 2. The molecule has 3 aliphatic heterocycles. The van der Waals surface area contributed by atoms with Crippen LogP contribution in [0.3, 0.4) is 0 Å². The largest absolute Gasteiger partial charge is 0.382 e. The van der Waals surface area contributed by atoms with E-state index < -0.39 is 18.5 Å². The number of carbonyl (C=O) groups is 2. The van der Waals surface area contributed by atoms with E-state index in [4.69, 9.17) is 5.73 Å². The minimum absolute atomic E-state index is 0.112. The van der Waals surface area contributed by atoms with Gasteiger partial charge in [0.2, 0.25) is 5.91 Å². The van der Waals surface area contributed by atoms with Crippen LogP contribution in [0, 0.1) is 0 Å². The number of nitrogens with zero attached hydrogens (tertiary/aromatic N) is 5. The Hall–Kier alpha value is -2.40. The number of nitrogen functional groups attached to an aromatic ring is 1. The number of nitrogens with one attached hydrogen (secondary N) is 1. The Morgan fingerprint density at radius 3 is 2.48 bits per heavy atom. The van der Waals surface area contributed by atoms with E-state index in [1.807, 2.05) is 0 Å². The topological polar surface area (TPSA) is 108 Å². The Kier molecular flexibility index (Phi) is 5.34. The second-order valence-corrected chi connectivity index (χ2v) is 7.83. The predicted octanol–water partition coefficient (Wildman–Crippen LogP) is -0.585. The third kappa shape index (κ3) is 4.15. The summed E-state index contributed by atoms with van der Waals surface area (Å²) in [6, 6.07) is -0.279. The van der Waals surface area contributed by atoms with E-state index in [0.717, 1.165) is 0 Å². The number of alkyl halides is 2. The molecule has 1 aromatic rings. The van der Waals surface area contributed by atoms with Gasteiger partial charge >= 0.3 is 0 Å². The van der Waals surface area contributed by atoms with Crippen molar-refractivity contribution >= 4 is 17.6 Å². The highest BCUT2D eigenvalue weighted by Gasteiger charge is 2.44. The normalized spacial score (nSPS) is 27.4. The molecule has 11 heteroatoms. The number of piperazine rings is 1. The van der Waals surface area contributed by atoms with Crippen molar-refractivity contribution in [1.29, 1.82) is 0 Å². The number of carbonyl (C=O) groups excluding carboxylic acids is 2. The van der Waals surface area contributed by atoms with Crippen LogP contribution in [0.4, 0.5) is 14.6 Å². The molecule has 0 spiro atoms. The SMILES string of the molecule is Nc1nccnc1C(=O)N1CCN([C@@H]2CN[C@H](C(=O)N3CCC(F)(F)C3)C2)CC1. The summed E-state index contributed by atoms with van der Waals surface area (Å²) in [4.78, 5) is 38.3. The molecule has 0 saturated carbocycles. The smallest absolute Gasteiger partial charge is 0.276 e. The highest BCUT2D eigenvalue weighted by molar-refractivity contribution is 5.96. The van der Waals surface area contributed by atoms with Gasteiger partial charge in [0.1, 0.15) is 0 Å². The van der Waals surface area contributed by atoms with Crippen LogP contribution in [0.2, 0.25) is 0 Å². The van der Waals surface area contributed by atoms with Crippen LogP contribution in [0.25, 0.3) is 0 Å². The van der Waals surface area contributed by atoms with Crippen LogP contribution in [-0.2, 0) is 4.79 Å². The highest BCUT2D eigenvalue weighted by Crippen LogP contribution is 2.28. The van der Waals surface area contributed by atoms with Crippen molar-refractivity contribution in [1.82, 2.24) is 30.0 Å². The molecule has 3 aliphatic rings. The van der Waals surface area contributed by atoms with Gasteiger partial charge in [-0.15, -0.1) is 0 Å². The van der Waals surface area contributed by atoms with Gasteiger partial charge in [0, 0.05) is 64.1 Å². The van der Waals surface area contributed by atoms with Crippen LogP contribution >= 0.6 is 0 Å². The van der Waals surface area contributed by atoms with E-state index >= 15 is 0 Å². The third-order valence-electron chi connectivity index (χ3n) is 5.93. The molecule has 29 heavy (non-hydrogen) atoms. The second kappa shape index (κ2) is 7.79. The molecular formula is C18H25F2N7O2. The number of aromatic nitrogens is 2. The quantitative estimate of drug-likeness (QED) is 0.687. The monoisotopic (exact) mass is 409 g/mol. The molecule has 0 radical (unpaired) electrons. The lowest BCUT2D eigenvalue weighted by atomic mass is 10.1. The summed E-state index contributed by atoms with van der Waals surface area (Å²) in [5, 5.41) is 3.18. The summed E-state index contributed by atoms with van der Waals surface area (Å²) in [6.45, 7) is 2.65. The first-order chi connectivity index (χ1) is 13.8. The first-order valence-electron chi connectivity index (χ1n) is 9.84. The van der Waals surface area contributed by atoms with Crippen molar-refractivity contribution in [3.63, 3.8) is 0 Å². The predicted molar refractivity (Wildman–Crippen MR) is 100 cm³/mol. The number of rotatable bonds is 3. The van der Waals surface area contributed by atoms with E-state index in [-0.39, 0.29) is 42.3 Å².